The van der Waals surface area contributed by atoms with Gasteiger partial charge in [-0.25, -0.2) is 4.98 Å². The third-order valence-corrected chi connectivity index (χ3v) is 4.97. The number of aromatic nitrogens is 1. The molecule has 3 rings (SSSR count). The smallest absolute Gasteiger partial charge is 0.240 e. The van der Waals surface area contributed by atoms with Crippen LogP contribution in [0.2, 0.25) is 5.02 Å². The second-order valence-corrected chi connectivity index (χ2v) is 6.11. The van der Waals surface area contributed by atoms with E-state index in [4.69, 9.17) is 11.6 Å². The number of carbonyl (C=O) groups is 1. The molecular weight excluding hydrogens is 288 g/mol. The van der Waals surface area contributed by atoms with Crippen LogP contribution in [0.1, 0.15) is 10.9 Å². The minimum atomic E-state index is -0.0719. The zero-order valence-electron chi connectivity index (χ0n) is 9.25. The number of thioether (sulfide) groups is 1. The highest BCUT2D eigenvalue weighted by atomic mass is 35.5. The summed E-state index contributed by atoms with van der Waals surface area (Å²) in [7, 11) is 0. The van der Waals surface area contributed by atoms with Gasteiger partial charge >= 0.3 is 0 Å². The Hall–Kier alpha value is -1.04. The molecular formula is C12H9ClN2OS2. The number of hydrogen-bond acceptors (Lipinski definition) is 4. The molecule has 1 amide bonds. The number of anilines is 1. The molecule has 18 heavy (non-hydrogen) atoms. The van der Waals surface area contributed by atoms with Crippen molar-refractivity contribution in [3.05, 3.63) is 46.4 Å². The second-order valence-electron chi connectivity index (χ2n) is 3.76. The van der Waals surface area contributed by atoms with Gasteiger partial charge in [0.25, 0.3) is 0 Å². The summed E-state index contributed by atoms with van der Waals surface area (Å²) < 4.78 is 0. The van der Waals surface area contributed by atoms with Gasteiger partial charge in [-0.2, -0.15) is 0 Å². The summed E-state index contributed by atoms with van der Waals surface area (Å²) in [6, 6.07) is 7.63. The van der Waals surface area contributed by atoms with Crippen molar-refractivity contribution >= 4 is 45.7 Å². The Labute approximate surface area is 118 Å². The molecule has 0 aliphatic carbocycles. The highest BCUT2D eigenvalue weighted by Crippen LogP contribution is 2.44. The number of benzene rings is 1. The molecule has 6 heteroatoms. The maximum Gasteiger partial charge on any atom is 0.240 e. The molecule has 0 bridgehead atoms. The fourth-order valence-corrected chi connectivity index (χ4v) is 4.12. The van der Waals surface area contributed by atoms with Crippen LogP contribution in [-0.2, 0) is 4.79 Å². The van der Waals surface area contributed by atoms with E-state index in [0.29, 0.717) is 10.8 Å². The van der Waals surface area contributed by atoms with E-state index in [1.165, 1.54) is 11.3 Å². The minimum absolute atomic E-state index is 0.0719. The lowest BCUT2D eigenvalue weighted by Crippen LogP contribution is -2.27. The van der Waals surface area contributed by atoms with Crippen molar-refractivity contribution in [2.24, 2.45) is 0 Å². The lowest BCUT2D eigenvalue weighted by atomic mass is 10.2. The van der Waals surface area contributed by atoms with Crippen LogP contribution in [0.3, 0.4) is 0 Å². The van der Waals surface area contributed by atoms with Crippen LogP contribution in [0.15, 0.2) is 35.8 Å². The van der Waals surface area contributed by atoms with Crippen molar-refractivity contribution in [3.8, 4) is 0 Å². The van der Waals surface area contributed by atoms with Gasteiger partial charge < -0.3 is 0 Å². The van der Waals surface area contributed by atoms with E-state index in [1.54, 1.807) is 22.9 Å². The van der Waals surface area contributed by atoms with Crippen LogP contribution in [0.4, 0.5) is 5.13 Å². The first-order valence-electron chi connectivity index (χ1n) is 5.35. The quantitative estimate of drug-likeness (QED) is 0.849. The number of carbonyl (C=O) groups excluding carboxylic acids is 1. The zero-order valence-corrected chi connectivity index (χ0v) is 11.6. The van der Waals surface area contributed by atoms with Crippen LogP contribution >= 0.6 is 34.7 Å². The number of rotatable bonds is 2. The summed E-state index contributed by atoms with van der Waals surface area (Å²) in [5, 5.41) is 3.22. The van der Waals surface area contributed by atoms with Gasteiger partial charge in [0.15, 0.2) is 5.13 Å². The Morgan fingerprint density at radius 2 is 2.22 bits per heavy atom. The first kappa shape index (κ1) is 12.0. The molecule has 0 N–H and O–H groups in total. The number of amides is 1. The monoisotopic (exact) mass is 296 g/mol. The van der Waals surface area contributed by atoms with Crippen molar-refractivity contribution < 1.29 is 4.79 Å². The molecule has 0 spiro atoms. The van der Waals surface area contributed by atoms with E-state index in [2.05, 4.69) is 4.98 Å². The van der Waals surface area contributed by atoms with E-state index in [0.717, 1.165) is 10.7 Å². The minimum Gasteiger partial charge on any atom is -0.273 e. The summed E-state index contributed by atoms with van der Waals surface area (Å²) in [6.07, 6.45) is 1.71. The number of halogens is 1. The molecule has 0 saturated carbocycles. The Balaban J connectivity index is 2.02. The molecule has 0 radical (unpaired) electrons. The molecule has 92 valence electrons. The van der Waals surface area contributed by atoms with Crippen molar-refractivity contribution in [2.45, 2.75) is 5.37 Å². The van der Waals surface area contributed by atoms with Crippen LogP contribution in [-0.4, -0.2) is 16.6 Å². The van der Waals surface area contributed by atoms with Gasteiger partial charge in [0.2, 0.25) is 5.91 Å². The second kappa shape index (κ2) is 4.91. The maximum atomic E-state index is 12.0. The van der Waals surface area contributed by atoms with Crippen molar-refractivity contribution in [2.75, 3.05) is 10.7 Å². The summed E-state index contributed by atoms with van der Waals surface area (Å²) in [5.41, 5.74) is 0.963. The molecule has 0 unspecified atom stereocenters. The molecule has 1 aromatic heterocycles. The lowest BCUT2D eigenvalue weighted by Gasteiger charge is -2.22. The third-order valence-electron chi connectivity index (χ3n) is 2.66. The van der Waals surface area contributed by atoms with Crippen molar-refractivity contribution in [1.29, 1.82) is 0 Å². The lowest BCUT2D eigenvalue weighted by molar-refractivity contribution is -0.115. The molecule has 1 fully saturated rings. The molecule has 1 atom stereocenters. The third kappa shape index (κ3) is 2.02. The fraction of sp³-hybridized carbons (Fsp3) is 0.167. The molecule has 2 aromatic rings. The van der Waals surface area contributed by atoms with Gasteiger partial charge in [-0.1, -0.05) is 29.8 Å². The van der Waals surface area contributed by atoms with E-state index in [-0.39, 0.29) is 11.3 Å². The van der Waals surface area contributed by atoms with Crippen LogP contribution < -0.4 is 4.90 Å². The Kier molecular flexibility index (Phi) is 3.28. The molecule has 1 aromatic carbocycles. The largest absolute Gasteiger partial charge is 0.273 e. The highest BCUT2D eigenvalue weighted by Gasteiger charge is 2.36. The molecule has 1 aliphatic heterocycles. The zero-order chi connectivity index (χ0) is 12.5. The van der Waals surface area contributed by atoms with Crippen molar-refractivity contribution in [3.63, 3.8) is 0 Å². The van der Waals surface area contributed by atoms with Crippen LogP contribution in [0.25, 0.3) is 0 Å². The average Bonchev–Trinajstić information content (AvgIpc) is 2.98. The maximum absolute atomic E-state index is 12.0. The first-order chi connectivity index (χ1) is 8.77. The SMILES string of the molecule is O=C1CS[C@@H](c2ccccc2Cl)N1c1nccs1. The van der Waals surface area contributed by atoms with Gasteiger partial charge in [-0.3, -0.25) is 9.69 Å². The topological polar surface area (TPSA) is 33.2 Å². The standard InChI is InChI=1S/C12H9ClN2OS2/c13-9-4-2-1-3-8(9)11-15(10(16)7-18-11)12-14-5-6-17-12/h1-6,11H,7H2/t11-/m0/s1. The van der Waals surface area contributed by atoms with Gasteiger partial charge in [-0.15, -0.1) is 23.1 Å². The fourth-order valence-electron chi connectivity index (χ4n) is 1.87. The van der Waals surface area contributed by atoms with E-state index < -0.39 is 0 Å². The first-order valence-corrected chi connectivity index (χ1v) is 7.65. The predicted octanol–water partition coefficient (Wildman–Crippen LogP) is 3.58. The Morgan fingerprint density at radius 3 is 2.94 bits per heavy atom. The van der Waals surface area contributed by atoms with Crippen LogP contribution in [0.5, 0.6) is 0 Å². The highest BCUT2D eigenvalue weighted by molar-refractivity contribution is 8.00. The molecule has 2 heterocycles. The van der Waals surface area contributed by atoms with Crippen molar-refractivity contribution in [1.82, 2.24) is 4.98 Å². The molecule has 3 nitrogen and oxygen atoms in total. The van der Waals surface area contributed by atoms with Gasteiger partial charge in [0.1, 0.15) is 5.37 Å². The Morgan fingerprint density at radius 1 is 1.39 bits per heavy atom. The normalized spacial score (nSPS) is 19.5. The average molecular weight is 297 g/mol. The Bertz CT molecular complexity index is 573. The van der Waals surface area contributed by atoms with E-state index >= 15 is 0 Å². The van der Waals surface area contributed by atoms with E-state index in [9.17, 15) is 4.79 Å². The number of nitrogens with zero attached hydrogens (tertiary/aromatic N) is 2. The van der Waals surface area contributed by atoms with Gasteiger partial charge in [0, 0.05) is 22.2 Å². The van der Waals surface area contributed by atoms with E-state index in [1.807, 2.05) is 29.6 Å². The van der Waals surface area contributed by atoms with Crippen LogP contribution in [0, 0.1) is 0 Å². The summed E-state index contributed by atoms with van der Waals surface area (Å²) >= 11 is 9.26. The molecule has 1 aliphatic rings. The predicted molar refractivity (Wildman–Crippen MR) is 76.3 cm³/mol. The summed E-state index contributed by atoms with van der Waals surface area (Å²) in [5.74, 6) is 0.551. The summed E-state index contributed by atoms with van der Waals surface area (Å²) in [6.45, 7) is 0. The van der Waals surface area contributed by atoms with Gasteiger partial charge in [-0.05, 0) is 6.07 Å². The summed E-state index contributed by atoms with van der Waals surface area (Å²) in [4.78, 5) is 18.0. The number of hydrogen-bond donors (Lipinski definition) is 0. The molecule has 1 saturated heterocycles. The van der Waals surface area contributed by atoms with Gasteiger partial charge in [0.05, 0.1) is 5.75 Å². The number of thiazole rings is 1.